The van der Waals surface area contributed by atoms with E-state index in [4.69, 9.17) is 14.7 Å². The molecule has 3 aromatic carbocycles. The van der Waals surface area contributed by atoms with Crippen molar-refractivity contribution in [1.82, 2.24) is 0 Å². The number of ether oxygens (including phenoxy) is 2. The molecule has 0 saturated carbocycles. The maximum absolute atomic E-state index is 13.0. The summed E-state index contributed by atoms with van der Waals surface area (Å²) in [6.07, 6.45) is -1.35. The largest absolute Gasteiger partial charge is 0.467 e. The highest BCUT2D eigenvalue weighted by Gasteiger charge is 2.50. The van der Waals surface area contributed by atoms with E-state index in [1.54, 1.807) is 48.5 Å². The molecule has 0 radical (unpaired) electrons. The fourth-order valence-corrected chi connectivity index (χ4v) is 3.19. The highest BCUT2D eigenvalue weighted by atomic mass is 16.6. The van der Waals surface area contributed by atoms with Crippen LogP contribution in [0.15, 0.2) is 84.9 Å². The molecule has 5 nitrogen and oxygen atoms in total. The highest BCUT2D eigenvalue weighted by molar-refractivity contribution is 5.82. The van der Waals surface area contributed by atoms with Gasteiger partial charge in [0.2, 0.25) is 5.60 Å². The lowest BCUT2D eigenvalue weighted by atomic mass is 9.83. The van der Waals surface area contributed by atoms with Crippen LogP contribution in [0.5, 0.6) is 0 Å². The number of rotatable bonds is 7. The number of carbonyl (C=O) groups is 1. The Hall–Kier alpha value is -3.46. The molecule has 0 aliphatic heterocycles. The lowest BCUT2D eigenvalue weighted by Gasteiger charge is -2.36. The molecule has 0 bridgehead atoms. The van der Waals surface area contributed by atoms with E-state index in [0.29, 0.717) is 16.7 Å². The number of hydrogen-bond acceptors (Lipinski definition) is 5. The summed E-state index contributed by atoms with van der Waals surface area (Å²) < 4.78 is 11.2. The predicted molar refractivity (Wildman–Crippen MR) is 107 cm³/mol. The zero-order chi connectivity index (χ0) is 20.7. The Labute approximate surface area is 169 Å². The maximum Gasteiger partial charge on any atom is 0.346 e. The topological polar surface area (TPSA) is 79.6 Å². The van der Waals surface area contributed by atoms with Gasteiger partial charge in [-0.15, -0.1) is 0 Å². The fraction of sp³-hybridized carbons (Fsp3) is 0.167. The second kappa shape index (κ2) is 9.16. The first-order valence-corrected chi connectivity index (χ1v) is 9.11. The number of hydrogen-bond donors (Lipinski definition) is 1. The molecular weight excluding hydrogens is 366 g/mol. The molecule has 146 valence electrons. The van der Waals surface area contributed by atoms with Gasteiger partial charge < -0.3 is 14.6 Å². The van der Waals surface area contributed by atoms with Crippen LogP contribution in [0.3, 0.4) is 0 Å². The van der Waals surface area contributed by atoms with E-state index in [0.717, 1.165) is 5.56 Å². The number of benzene rings is 3. The van der Waals surface area contributed by atoms with Crippen LogP contribution in [0.4, 0.5) is 0 Å². The van der Waals surface area contributed by atoms with E-state index in [2.05, 4.69) is 0 Å². The van der Waals surface area contributed by atoms with Crippen molar-refractivity contribution in [2.75, 3.05) is 7.11 Å². The molecule has 2 atom stereocenters. The lowest BCUT2D eigenvalue weighted by molar-refractivity contribution is -0.194. The van der Waals surface area contributed by atoms with Crippen molar-refractivity contribution >= 4 is 5.97 Å². The number of aliphatic hydroxyl groups is 1. The number of aliphatic hydroxyl groups excluding tert-OH is 1. The minimum Gasteiger partial charge on any atom is -0.467 e. The van der Waals surface area contributed by atoms with Gasteiger partial charge in [-0.1, -0.05) is 72.8 Å². The Bertz CT molecular complexity index is 981. The van der Waals surface area contributed by atoms with Gasteiger partial charge in [-0.3, -0.25) is 0 Å². The van der Waals surface area contributed by atoms with Gasteiger partial charge in [-0.25, -0.2) is 4.79 Å². The third-order valence-electron chi connectivity index (χ3n) is 4.74. The number of methoxy groups -OCH3 is 1. The van der Waals surface area contributed by atoms with Crippen LogP contribution in [-0.2, 0) is 26.5 Å². The van der Waals surface area contributed by atoms with Gasteiger partial charge in [0.25, 0.3) is 0 Å². The average molecular weight is 387 g/mol. The summed E-state index contributed by atoms with van der Waals surface area (Å²) in [4.78, 5) is 13.0. The van der Waals surface area contributed by atoms with Crippen molar-refractivity contribution in [3.8, 4) is 6.07 Å². The van der Waals surface area contributed by atoms with Crippen molar-refractivity contribution in [3.63, 3.8) is 0 Å². The predicted octanol–water partition coefficient (Wildman–Crippen LogP) is 3.88. The van der Waals surface area contributed by atoms with Gasteiger partial charge in [-0.05, 0) is 28.8 Å². The Kier molecular flexibility index (Phi) is 6.40. The van der Waals surface area contributed by atoms with Crippen LogP contribution in [0.1, 0.15) is 28.4 Å². The van der Waals surface area contributed by atoms with Gasteiger partial charge in [0.05, 0.1) is 25.3 Å². The number of esters is 1. The van der Waals surface area contributed by atoms with E-state index < -0.39 is 17.7 Å². The first kappa shape index (κ1) is 20.3. The molecule has 0 heterocycles. The molecule has 1 N–H and O–H groups in total. The van der Waals surface area contributed by atoms with Crippen LogP contribution in [0, 0.1) is 11.3 Å². The van der Waals surface area contributed by atoms with Crippen LogP contribution in [-0.4, -0.2) is 18.2 Å². The van der Waals surface area contributed by atoms with E-state index in [1.807, 2.05) is 42.5 Å². The summed E-state index contributed by atoms with van der Waals surface area (Å²) in [6, 6.07) is 26.6. The number of nitrogens with zero attached hydrogens (tertiary/aromatic N) is 1. The summed E-state index contributed by atoms with van der Waals surface area (Å²) in [7, 11) is 1.26. The molecule has 2 unspecified atom stereocenters. The molecule has 29 heavy (non-hydrogen) atoms. The second-order valence-corrected chi connectivity index (χ2v) is 6.50. The van der Waals surface area contributed by atoms with Gasteiger partial charge in [0, 0.05) is 0 Å². The number of carbonyl (C=O) groups excluding carboxylic acids is 1. The minimum atomic E-state index is -1.78. The van der Waals surface area contributed by atoms with Gasteiger partial charge in [0.15, 0.2) is 0 Å². The third kappa shape index (κ3) is 4.19. The molecule has 0 aromatic heterocycles. The van der Waals surface area contributed by atoms with Gasteiger partial charge in [0.1, 0.15) is 6.10 Å². The van der Waals surface area contributed by atoms with E-state index in [-0.39, 0.29) is 6.61 Å². The van der Waals surface area contributed by atoms with E-state index in [9.17, 15) is 9.90 Å². The molecular formula is C24H21NO4. The molecule has 0 amide bonds. The molecule has 3 rings (SSSR count). The Morgan fingerprint density at radius 3 is 2.14 bits per heavy atom. The van der Waals surface area contributed by atoms with E-state index >= 15 is 0 Å². The van der Waals surface area contributed by atoms with Crippen LogP contribution < -0.4 is 0 Å². The molecule has 0 spiro atoms. The average Bonchev–Trinajstić information content (AvgIpc) is 2.80. The zero-order valence-electron chi connectivity index (χ0n) is 16.0. The van der Waals surface area contributed by atoms with Gasteiger partial charge in [-0.2, -0.15) is 5.26 Å². The molecule has 0 aliphatic carbocycles. The van der Waals surface area contributed by atoms with Crippen molar-refractivity contribution in [2.24, 2.45) is 0 Å². The quantitative estimate of drug-likeness (QED) is 0.623. The molecule has 0 fully saturated rings. The standard InChI is InChI=1S/C24H21NO4/c1-28-23(27)24(21-10-6-3-7-11-21,29-17-19-8-4-2-5-9-19)22(26)20-14-12-18(16-25)13-15-20/h2-15,22,26H,17H2,1H3. The summed E-state index contributed by atoms with van der Waals surface area (Å²) in [5.74, 6) is -0.712. The van der Waals surface area contributed by atoms with Gasteiger partial charge >= 0.3 is 5.97 Å². The molecule has 3 aromatic rings. The molecule has 0 saturated heterocycles. The second-order valence-electron chi connectivity index (χ2n) is 6.50. The minimum absolute atomic E-state index is 0.0954. The summed E-state index contributed by atoms with van der Waals surface area (Å²) >= 11 is 0. The van der Waals surface area contributed by atoms with Crippen LogP contribution >= 0.6 is 0 Å². The number of nitriles is 1. The first-order valence-electron chi connectivity index (χ1n) is 9.11. The lowest BCUT2D eigenvalue weighted by Crippen LogP contribution is -2.45. The van der Waals surface area contributed by atoms with E-state index in [1.165, 1.54) is 7.11 Å². The smallest absolute Gasteiger partial charge is 0.346 e. The Morgan fingerprint density at radius 2 is 1.59 bits per heavy atom. The Morgan fingerprint density at radius 1 is 1.00 bits per heavy atom. The molecule has 5 heteroatoms. The molecule has 0 aliphatic rings. The SMILES string of the molecule is COC(=O)C(OCc1ccccc1)(c1ccccc1)C(O)c1ccc(C#N)cc1. The fourth-order valence-electron chi connectivity index (χ4n) is 3.19. The van der Waals surface area contributed by atoms with Crippen molar-refractivity contribution in [3.05, 3.63) is 107 Å². The van der Waals surface area contributed by atoms with Crippen molar-refractivity contribution in [1.29, 1.82) is 5.26 Å². The van der Waals surface area contributed by atoms with Crippen molar-refractivity contribution in [2.45, 2.75) is 18.3 Å². The highest BCUT2D eigenvalue weighted by Crippen LogP contribution is 2.41. The summed E-state index contributed by atoms with van der Waals surface area (Å²) in [6.45, 7) is 0.0954. The normalized spacial score (nSPS) is 13.7. The van der Waals surface area contributed by atoms with Crippen molar-refractivity contribution < 1.29 is 19.4 Å². The summed E-state index contributed by atoms with van der Waals surface area (Å²) in [5, 5.41) is 20.3. The first-order chi connectivity index (χ1) is 14.1. The zero-order valence-corrected chi connectivity index (χ0v) is 16.0. The summed E-state index contributed by atoms with van der Waals surface area (Å²) in [5.41, 5.74) is 0.434. The maximum atomic E-state index is 13.0. The van der Waals surface area contributed by atoms with Crippen LogP contribution in [0.25, 0.3) is 0 Å². The van der Waals surface area contributed by atoms with Crippen LogP contribution in [0.2, 0.25) is 0 Å². The Balaban J connectivity index is 2.09. The monoisotopic (exact) mass is 387 g/mol. The third-order valence-corrected chi connectivity index (χ3v) is 4.74.